The van der Waals surface area contributed by atoms with E-state index >= 15 is 0 Å². The zero-order valence-electron chi connectivity index (χ0n) is 10.5. The Bertz CT molecular complexity index is 448. The number of hydrogen-bond donors (Lipinski definition) is 1. The Kier molecular flexibility index (Phi) is 5.31. The standard InChI is InChI=1S/C13H16Cl2N2O2/c14-11-2-1-10(9-12(11)15)19-8-3-13(18)17-6-4-16-5-7-17/h1-2,9,16H,3-8H2. The Labute approximate surface area is 122 Å². The molecule has 1 aliphatic heterocycles. The van der Waals surface area contributed by atoms with Gasteiger partial charge in [0.15, 0.2) is 0 Å². The van der Waals surface area contributed by atoms with Crippen molar-refractivity contribution in [3.05, 3.63) is 28.2 Å². The van der Waals surface area contributed by atoms with Crippen molar-refractivity contribution in [2.75, 3.05) is 32.8 Å². The lowest BCUT2D eigenvalue weighted by molar-refractivity contribution is -0.132. The molecule has 1 fully saturated rings. The highest BCUT2D eigenvalue weighted by Crippen LogP contribution is 2.26. The Hall–Kier alpha value is -0.970. The number of carbonyl (C=O) groups is 1. The van der Waals surface area contributed by atoms with Crippen molar-refractivity contribution >= 4 is 29.1 Å². The predicted molar refractivity (Wildman–Crippen MR) is 76.0 cm³/mol. The highest BCUT2D eigenvalue weighted by Gasteiger charge is 2.15. The molecule has 0 aromatic heterocycles. The van der Waals surface area contributed by atoms with Gasteiger partial charge in [0, 0.05) is 32.2 Å². The zero-order valence-corrected chi connectivity index (χ0v) is 12.0. The topological polar surface area (TPSA) is 41.6 Å². The number of rotatable bonds is 4. The number of halogens is 2. The van der Waals surface area contributed by atoms with Gasteiger partial charge in [0.1, 0.15) is 5.75 Å². The summed E-state index contributed by atoms with van der Waals surface area (Å²) in [5.74, 6) is 0.754. The second kappa shape index (κ2) is 6.98. The number of benzene rings is 1. The normalized spacial score (nSPS) is 15.4. The fourth-order valence-corrected chi connectivity index (χ4v) is 2.18. The summed E-state index contributed by atoms with van der Waals surface area (Å²) in [6, 6.07) is 5.07. The van der Waals surface area contributed by atoms with Crippen LogP contribution in [0.2, 0.25) is 10.0 Å². The Balaban J connectivity index is 1.76. The second-order valence-corrected chi connectivity index (χ2v) is 5.12. The van der Waals surface area contributed by atoms with Gasteiger partial charge in [0.2, 0.25) is 5.91 Å². The van der Waals surface area contributed by atoms with Gasteiger partial charge in [-0.15, -0.1) is 0 Å². The Morgan fingerprint density at radius 1 is 1.26 bits per heavy atom. The van der Waals surface area contributed by atoms with Crippen molar-refractivity contribution in [1.82, 2.24) is 10.2 Å². The van der Waals surface area contributed by atoms with Gasteiger partial charge in [-0.25, -0.2) is 0 Å². The maximum atomic E-state index is 11.9. The molecule has 1 aliphatic rings. The van der Waals surface area contributed by atoms with E-state index in [4.69, 9.17) is 27.9 Å². The fraction of sp³-hybridized carbons (Fsp3) is 0.462. The van der Waals surface area contributed by atoms with Crippen LogP contribution in [-0.4, -0.2) is 43.6 Å². The fourth-order valence-electron chi connectivity index (χ4n) is 1.90. The molecule has 0 bridgehead atoms. The molecule has 1 heterocycles. The number of nitrogens with one attached hydrogen (secondary N) is 1. The van der Waals surface area contributed by atoms with Crippen LogP contribution in [0.15, 0.2) is 18.2 Å². The molecule has 1 aromatic rings. The molecule has 0 aliphatic carbocycles. The van der Waals surface area contributed by atoms with Gasteiger partial charge in [-0.3, -0.25) is 4.79 Å². The largest absolute Gasteiger partial charge is 0.493 e. The van der Waals surface area contributed by atoms with E-state index in [1.807, 2.05) is 4.90 Å². The monoisotopic (exact) mass is 302 g/mol. The van der Waals surface area contributed by atoms with E-state index in [9.17, 15) is 4.79 Å². The molecule has 0 unspecified atom stereocenters. The second-order valence-electron chi connectivity index (χ2n) is 4.31. The van der Waals surface area contributed by atoms with E-state index in [0.29, 0.717) is 28.8 Å². The first kappa shape index (κ1) is 14.4. The van der Waals surface area contributed by atoms with Crippen LogP contribution < -0.4 is 10.1 Å². The summed E-state index contributed by atoms with van der Waals surface area (Å²) in [6.45, 7) is 3.61. The summed E-state index contributed by atoms with van der Waals surface area (Å²) in [5.41, 5.74) is 0. The van der Waals surface area contributed by atoms with Gasteiger partial charge in [0.25, 0.3) is 0 Å². The minimum Gasteiger partial charge on any atom is -0.493 e. The lowest BCUT2D eigenvalue weighted by atomic mass is 10.3. The molecule has 0 radical (unpaired) electrons. The third-order valence-corrected chi connectivity index (χ3v) is 3.68. The first-order valence-electron chi connectivity index (χ1n) is 6.23. The van der Waals surface area contributed by atoms with Gasteiger partial charge >= 0.3 is 0 Å². The minimum atomic E-state index is 0.126. The van der Waals surface area contributed by atoms with Gasteiger partial charge in [-0.1, -0.05) is 23.2 Å². The first-order valence-corrected chi connectivity index (χ1v) is 6.99. The number of ether oxygens (including phenoxy) is 1. The molecule has 6 heteroatoms. The Morgan fingerprint density at radius 3 is 2.68 bits per heavy atom. The van der Waals surface area contributed by atoms with Crippen molar-refractivity contribution in [3.8, 4) is 5.75 Å². The van der Waals surface area contributed by atoms with Crippen molar-refractivity contribution in [1.29, 1.82) is 0 Å². The van der Waals surface area contributed by atoms with Crippen LogP contribution in [0.4, 0.5) is 0 Å². The number of nitrogens with zero attached hydrogens (tertiary/aromatic N) is 1. The van der Waals surface area contributed by atoms with Crippen LogP contribution in [0.5, 0.6) is 5.75 Å². The molecule has 1 aromatic carbocycles. The quantitative estimate of drug-likeness (QED) is 0.927. The van der Waals surface area contributed by atoms with Crippen molar-refractivity contribution in [2.24, 2.45) is 0 Å². The van der Waals surface area contributed by atoms with E-state index in [-0.39, 0.29) is 5.91 Å². The first-order chi connectivity index (χ1) is 9.16. The van der Waals surface area contributed by atoms with Crippen LogP contribution in [0.1, 0.15) is 6.42 Å². The van der Waals surface area contributed by atoms with Crippen LogP contribution >= 0.6 is 23.2 Å². The summed E-state index contributed by atoms with van der Waals surface area (Å²) in [4.78, 5) is 13.7. The Morgan fingerprint density at radius 2 is 2.00 bits per heavy atom. The summed E-state index contributed by atoms with van der Waals surface area (Å²) in [5, 5.41) is 4.15. The maximum absolute atomic E-state index is 11.9. The van der Waals surface area contributed by atoms with Crippen molar-refractivity contribution in [3.63, 3.8) is 0 Å². The van der Waals surface area contributed by atoms with Crippen molar-refractivity contribution < 1.29 is 9.53 Å². The molecule has 0 spiro atoms. The smallest absolute Gasteiger partial charge is 0.226 e. The lowest BCUT2D eigenvalue weighted by Crippen LogP contribution is -2.46. The van der Waals surface area contributed by atoms with Crippen LogP contribution in [0.3, 0.4) is 0 Å². The molecular weight excluding hydrogens is 287 g/mol. The van der Waals surface area contributed by atoms with Crippen LogP contribution in [0, 0.1) is 0 Å². The molecule has 1 N–H and O–H groups in total. The van der Waals surface area contributed by atoms with Crippen LogP contribution in [0.25, 0.3) is 0 Å². The van der Waals surface area contributed by atoms with E-state index in [1.54, 1.807) is 18.2 Å². The highest BCUT2D eigenvalue weighted by atomic mass is 35.5. The lowest BCUT2D eigenvalue weighted by Gasteiger charge is -2.27. The van der Waals surface area contributed by atoms with E-state index in [1.165, 1.54) is 0 Å². The van der Waals surface area contributed by atoms with Gasteiger partial charge in [-0.2, -0.15) is 0 Å². The van der Waals surface area contributed by atoms with Gasteiger partial charge < -0.3 is 15.0 Å². The molecular formula is C13H16Cl2N2O2. The van der Waals surface area contributed by atoms with E-state index < -0.39 is 0 Å². The molecule has 0 atom stereocenters. The maximum Gasteiger partial charge on any atom is 0.226 e. The zero-order chi connectivity index (χ0) is 13.7. The SMILES string of the molecule is O=C(CCOc1ccc(Cl)c(Cl)c1)N1CCNCC1. The third kappa shape index (κ3) is 4.27. The van der Waals surface area contributed by atoms with E-state index in [0.717, 1.165) is 26.2 Å². The summed E-state index contributed by atoms with van der Waals surface area (Å²) < 4.78 is 5.50. The van der Waals surface area contributed by atoms with Crippen molar-refractivity contribution in [2.45, 2.75) is 6.42 Å². The third-order valence-electron chi connectivity index (χ3n) is 2.95. The predicted octanol–water partition coefficient (Wildman–Crippen LogP) is 2.19. The van der Waals surface area contributed by atoms with Crippen LogP contribution in [-0.2, 0) is 4.79 Å². The number of amides is 1. The molecule has 0 saturated carbocycles. The van der Waals surface area contributed by atoms with Gasteiger partial charge in [-0.05, 0) is 12.1 Å². The summed E-state index contributed by atoms with van der Waals surface area (Å²) in [7, 11) is 0. The minimum absolute atomic E-state index is 0.126. The number of carbonyl (C=O) groups excluding carboxylic acids is 1. The molecule has 4 nitrogen and oxygen atoms in total. The van der Waals surface area contributed by atoms with Gasteiger partial charge in [0.05, 0.1) is 23.1 Å². The molecule has 2 rings (SSSR count). The molecule has 1 saturated heterocycles. The average molecular weight is 303 g/mol. The summed E-state index contributed by atoms with van der Waals surface area (Å²) >= 11 is 11.7. The summed E-state index contributed by atoms with van der Waals surface area (Å²) in [6.07, 6.45) is 0.375. The van der Waals surface area contributed by atoms with E-state index in [2.05, 4.69) is 5.32 Å². The highest BCUT2D eigenvalue weighted by molar-refractivity contribution is 6.42. The number of hydrogen-bond acceptors (Lipinski definition) is 3. The molecule has 19 heavy (non-hydrogen) atoms. The number of piperazine rings is 1. The average Bonchev–Trinajstić information content (AvgIpc) is 2.43. The molecule has 104 valence electrons. The molecule has 1 amide bonds.